The number of hydrogen-bond donors (Lipinski definition) is 1. The Bertz CT molecular complexity index is 220. The predicted octanol–water partition coefficient (Wildman–Crippen LogP) is 1.75. The molecular formula is C18H46Mg5O2. The smallest absolute Gasteiger partial charge is 0.316 e. The zero-order valence-electron chi connectivity index (χ0n) is 13.7. The Morgan fingerprint density at radius 3 is 1.00 bits per heavy atom. The van der Waals surface area contributed by atoms with E-state index < -0.39 is 5.97 Å². The van der Waals surface area contributed by atoms with Gasteiger partial charge in [-0.05, 0) is 6.42 Å². The first-order valence-corrected chi connectivity index (χ1v) is 8.99. The standard InChI is InChI=1S/C18H36O2.5Mg.10H/c1-2-3-4-5-6-7-8-9-10-11-12-13-14-15-16-17-18(19)20;;;;;;;;;;;;;;;/h2-17H2,1H3,(H,19,20);;;;;;;;;;;;;;;. The van der Waals surface area contributed by atoms with E-state index >= 15 is 0 Å². The summed E-state index contributed by atoms with van der Waals surface area (Å²) in [6.45, 7) is 2.27. The number of carboxylic acids is 1. The van der Waals surface area contributed by atoms with Gasteiger partial charge in [0.05, 0.1) is 0 Å². The van der Waals surface area contributed by atoms with Gasteiger partial charge in [0.15, 0.2) is 0 Å². The van der Waals surface area contributed by atoms with Crippen molar-refractivity contribution in [3.05, 3.63) is 0 Å². The maximum absolute atomic E-state index is 10.3. The molecule has 0 aliphatic carbocycles. The van der Waals surface area contributed by atoms with Crippen LogP contribution in [0.1, 0.15) is 110 Å². The zero-order chi connectivity index (χ0) is 14.9. The van der Waals surface area contributed by atoms with Gasteiger partial charge in [0.25, 0.3) is 0 Å². The predicted molar refractivity (Wildman–Crippen MR) is 130 cm³/mol. The van der Waals surface area contributed by atoms with Crippen LogP contribution in [0.25, 0.3) is 0 Å². The first-order chi connectivity index (χ1) is 9.77. The van der Waals surface area contributed by atoms with Gasteiger partial charge in [0, 0.05) is 6.42 Å². The summed E-state index contributed by atoms with van der Waals surface area (Å²) in [5, 5.41) is 8.52. The third-order valence-corrected chi connectivity index (χ3v) is 3.99. The molecule has 0 rings (SSSR count). The van der Waals surface area contributed by atoms with Gasteiger partial charge in [-0.3, -0.25) is 4.79 Å². The van der Waals surface area contributed by atoms with Crippen molar-refractivity contribution in [2.24, 2.45) is 0 Å². The van der Waals surface area contributed by atoms with Crippen LogP contribution >= 0.6 is 0 Å². The molecular weight excluding hydrogens is 370 g/mol. The molecule has 140 valence electrons. The van der Waals surface area contributed by atoms with E-state index in [0.717, 1.165) is 12.8 Å². The highest BCUT2D eigenvalue weighted by atomic mass is 24.3. The minimum Gasteiger partial charge on any atom is -0.481 e. The molecule has 0 amide bonds. The van der Waals surface area contributed by atoms with Crippen LogP contribution in [0, 0.1) is 0 Å². The number of carboxylic acid groups (broad SMARTS) is 1. The van der Waals surface area contributed by atoms with Crippen LogP contribution in [0.3, 0.4) is 0 Å². The number of unbranched alkanes of at least 4 members (excludes halogenated alkanes) is 14. The van der Waals surface area contributed by atoms with Gasteiger partial charge in [-0.2, -0.15) is 0 Å². The normalized spacial score (nSPS) is 8.68. The van der Waals surface area contributed by atoms with Gasteiger partial charge in [-0.25, -0.2) is 0 Å². The Morgan fingerprint density at radius 2 is 0.760 bits per heavy atom. The van der Waals surface area contributed by atoms with Crippen LogP contribution in [0.2, 0.25) is 0 Å². The minimum absolute atomic E-state index is 0. The zero-order valence-corrected chi connectivity index (χ0v) is 13.7. The minimum atomic E-state index is -0.653. The Hall–Kier alpha value is 3.30. The Kier molecular flexibility index (Phi) is 64.4. The van der Waals surface area contributed by atoms with Crippen molar-refractivity contribution in [1.82, 2.24) is 0 Å². The lowest BCUT2D eigenvalue weighted by Gasteiger charge is -2.03. The first kappa shape index (κ1) is 42.4. The summed E-state index contributed by atoms with van der Waals surface area (Å²) in [5.41, 5.74) is 0. The van der Waals surface area contributed by atoms with Crippen molar-refractivity contribution >= 4 is 121 Å². The molecule has 0 aromatic rings. The molecule has 0 aliphatic rings. The number of hydrogen-bond acceptors (Lipinski definition) is 1. The van der Waals surface area contributed by atoms with Gasteiger partial charge in [-0.1, -0.05) is 96.8 Å². The number of carbonyl (C=O) groups is 1. The maximum atomic E-state index is 10.3. The van der Waals surface area contributed by atoms with E-state index in [0.29, 0.717) is 6.42 Å². The third kappa shape index (κ3) is 42.4. The SMILES string of the molecule is CCCCCCCCCCCCCCCCCC(=O)O.[MgH2].[MgH2].[MgH2].[MgH2].[MgH2]. The molecule has 0 aromatic carbocycles. The average Bonchev–Trinajstić information content (AvgIpc) is 2.43. The molecule has 0 spiro atoms. The molecule has 0 atom stereocenters. The molecule has 0 fully saturated rings. The van der Waals surface area contributed by atoms with E-state index in [-0.39, 0.29) is 115 Å². The van der Waals surface area contributed by atoms with E-state index in [1.165, 1.54) is 83.5 Å². The highest BCUT2D eigenvalue weighted by Gasteiger charge is 1.97. The quantitative estimate of drug-likeness (QED) is 0.308. The van der Waals surface area contributed by atoms with Crippen molar-refractivity contribution in [2.45, 2.75) is 110 Å². The largest absolute Gasteiger partial charge is 0.481 e. The van der Waals surface area contributed by atoms with E-state index in [4.69, 9.17) is 5.11 Å². The fraction of sp³-hybridized carbons (Fsp3) is 0.944. The maximum Gasteiger partial charge on any atom is 0.316 e. The molecule has 0 bridgehead atoms. The van der Waals surface area contributed by atoms with Gasteiger partial charge in [0.2, 0.25) is 0 Å². The number of rotatable bonds is 16. The van der Waals surface area contributed by atoms with Gasteiger partial charge in [-0.15, -0.1) is 0 Å². The molecule has 2 nitrogen and oxygen atoms in total. The molecule has 0 aromatic heterocycles. The second-order valence-corrected chi connectivity index (χ2v) is 6.09. The fourth-order valence-corrected chi connectivity index (χ4v) is 2.65. The molecule has 0 saturated heterocycles. The van der Waals surface area contributed by atoms with Crippen molar-refractivity contribution in [1.29, 1.82) is 0 Å². The molecule has 0 saturated carbocycles. The summed E-state index contributed by atoms with van der Waals surface area (Å²) < 4.78 is 0. The molecule has 0 heterocycles. The van der Waals surface area contributed by atoms with E-state index in [1.54, 1.807) is 0 Å². The Labute approximate surface area is 237 Å². The summed E-state index contributed by atoms with van der Waals surface area (Å²) in [7, 11) is 0. The molecule has 0 unspecified atom stereocenters. The lowest BCUT2D eigenvalue weighted by Crippen LogP contribution is -1.93. The summed E-state index contributed by atoms with van der Waals surface area (Å²) in [5.74, 6) is -0.653. The molecule has 7 heteroatoms. The lowest BCUT2D eigenvalue weighted by molar-refractivity contribution is -0.137. The highest BCUT2D eigenvalue weighted by Crippen LogP contribution is 2.13. The van der Waals surface area contributed by atoms with Crippen molar-refractivity contribution in [3.63, 3.8) is 0 Å². The van der Waals surface area contributed by atoms with Crippen LogP contribution in [0.5, 0.6) is 0 Å². The van der Waals surface area contributed by atoms with E-state index in [2.05, 4.69) is 6.92 Å². The third-order valence-electron chi connectivity index (χ3n) is 3.99. The fourth-order valence-electron chi connectivity index (χ4n) is 2.65. The van der Waals surface area contributed by atoms with Crippen LogP contribution in [0.15, 0.2) is 0 Å². The van der Waals surface area contributed by atoms with Crippen molar-refractivity contribution in [2.75, 3.05) is 0 Å². The van der Waals surface area contributed by atoms with Gasteiger partial charge < -0.3 is 5.11 Å². The second kappa shape index (κ2) is 38.0. The van der Waals surface area contributed by atoms with Gasteiger partial charge >= 0.3 is 121 Å². The van der Waals surface area contributed by atoms with Crippen LogP contribution in [-0.4, -0.2) is 126 Å². The van der Waals surface area contributed by atoms with Crippen LogP contribution in [-0.2, 0) is 4.79 Å². The number of aliphatic carboxylic acids is 1. The van der Waals surface area contributed by atoms with Crippen LogP contribution < -0.4 is 0 Å². The Balaban J connectivity index is -0.000000180. The highest BCUT2D eigenvalue weighted by molar-refractivity contribution is 5.76. The van der Waals surface area contributed by atoms with E-state index in [1.807, 2.05) is 0 Å². The monoisotopic (exact) mass is 414 g/mol. The summed E-state index contributed by atoms with van der Waals surface area (Å²) >= 11 is 0. The second-order valence-electron chi connectivity index (χ2n) is 6.09. The molecule has 0 radical (unpaired) electrons. The molecule has 25 heavy (non-hydrogen) atoms. The van der Waals surface area contributed by atoms with E-state index in [9.17, 15) is 4.79 Å². The average molecular weight is 416 g/mol. The molecule has 0 aliphatic heterocycles. The molecule has 1 N–H and O–H groups in total. The summed E-state index contributed by atoms with van der Waals surface area (Å²) in [6.07, 6.45) is 20.2. The summed E-state index contributed by atoms with van der Waals surface area (Å²) in [6, 6.07) is 0. The Morgan fingerprint density at radius 1 is 0.520 bits per heavy atom. The topological polar surface area (TPSA) is 37.3 Å². The van der Waals surface area contributed by atoms with Crippen molar-refractivity contribution < 1.29 is 9.90 Å². The summed E-state index contributed by atoms with van der Waals surface area (Å²) in [4.78, 5) is 10.3. The van der Waals surface area contributed by atoms with Crippen LogP contribution in [0.4, 0.5) is 0 Å². The lowest BCUT2D eigenvalue weighted by atomic mass is 10.0. The van der Waals surface area contributed by atoms with Gasteiger partial charge in [0.1, 0.15) is 0 Å². The first-order valence-electron chi connectivity index (χ1n) is 8.99. The van der Waals surface area contributed by atoms with Crippen molar-refractivity contribution in [3.8, 4) is 0 Å².